The highest BCUT2D eigenvalue weighted by Gasteiger charge is 2.09. The van der Waals surface area contributed by atoms with E-state index < -0.39 is 11.6 Å². The van der Waals surface area contributed by atoms with Gasteiger partial charge < -0.3 is 10.1 Å². The summed E-state index contributed by atoms with van der Waals surface area (Å²) in [6.45, 7) is 5.92. The van der Waals surface area contributed by atoms with E-state index in [1.54, 1.807) is 13.2 Å². The molecule has 0 saturated carbocycles. The van der Waals surface area contributed by atoms with Crippen LogP contribution < -0.4 is 5.32 Å². The van der Waals surface area contributed by atoms with E-state index in [0.29, 0.717) is 19.7 Å². The molecule has 19 heavy (non-hydrogen) atoms. The normalized spacial score (nSPS) is 12.2. The highest BCUT2D eigenvalue weighted by molar-refractivity contribution is 5.55. The van der Waals surface area contributed by atoms with Crippen LogP contribution in [0, 0.1) is 17.6 Å². The second kappa shape index (κ2) is 8.02. The fraction of sp³-hybridized carbons (Fsp3) is 0.467. The Labute approximate surface area is 113 Å². The van der Waals surface area contributed by atoms with Crippen LogP contribution in [-0.4, -0.2) is 26.8 Å². The van der Waals surface area contributed by atoms with Gasteiger partial charge in [-0.15, -0.1) is 0 Å². The minimum atomic E-state index is -0.532. The van der Waals surface area contributed by atoms with Crippen LogP contribution in [0.5, 0.6) is 0 Å². The van der Waals surface area contributed by atoms with Crippen molar-refractivity contribution < 1.29 is 13.5 Å². The van der Waals surface area contributed by atoms with Crippen molar-refractivity contribution in [2.45, 2.75) is 13.8 Å². The number of hydrogen-bond acceptors (Lipinski definition) is 2. The number of rotatable bonds is 7. The molecule has 1 rings (SSSR count). The number of ether oxygens (including phenoxy) is 1. The van der Waals surface area contributed by atoms with Crippen LogP contribution in [0.25, 0.3) is 6.08 Å². The van der Waals surface area contributed by atoms with Crippen molar-refractivity contribution >= 4 is 6.08 Å². The molecule has 0 radical (unpaired) electrons. The molecule has 0 spiro atoms. The van der Waals surface area contributed by atoms with Crippen molar-refractivity contribution in [2.24, 2.45) is 5.92 Å². The van der Waals surface area contributed by atoms with Gasteiger partial charge in [0.05, 0.1) is 6.61 Å². The van der Waals surface area contributed by atoms with E-state index in [9.17, 15) is 8.78 Å². The molecule has 0 fully saturated rings. The number of benzene rings is 1. The van der Waals surface area contributed by atoms with Crippen LogP contribution in [0.3, 0.4) is 0 Å². The van der Waals surface area contributed by atoms with Crippen LogP contribution in [0.2, 0.25) is 0 Å². The summed E-state index contributed by atoms with van der Waals surface area (Å²) in [6.07, 6.45) is 1.59. The fourth-order valence-electron chi connectivity index (χ4n) is 1.66. The maximum atomic E-state index is 13.6. The summed E-state index contributed by atoms with van der Waals surface area (Å²) in [6, 6.07) is 3.91. The molecule has 0 aliphatic carbocycles. The van der Waals surface area contributed by atoms with Crippen molar-refractivity contribution in [2.75, 3.05) is 26.8 Å². The predicted molar refractivity (Wildman–Crippen MR) is 73.9 cm³/mol. The zero-order valence-corrected chi connectivity index (χ0v) is 11.7. The van der Waals surface area contributed by atoms with E-state index in [0.717, 1.165) is 5.57 Å². The average molecular weight is 269 g/mol. The summed E-state index contributed by atoms with van der Waals surface area (Å²) in [4.78, 5) is 0. The maximum absolute atomic E-state index is 13.6. The van der Waals surface area contributed by atoms with Gasteiger partial charge in [-0.05, 0) is 24.1 Å². The SMILES string of the molecule is COCCNCC(=Cc1c(F)cccc1F)C(C)C. The Balaban J connectivity index is 2.83. The van der Waals surface area contributed by atoms with E-state index >= 15 is 0 Å². The highest BCUT2D eigenvalue weighted by atomic mass is 19.1. The third-order valence-electron chi connectivity index (χ3n) is 2.88. The molecular weight excluding hydrogens is 248 g/mol. The van der Waals surface area contributed by atoms with Gasteiger partial charge in [-0.25, -0.2) is 8.78 Å². The quantitative estimate of drug-likeness (QED) is 0.767. The molecule has 4 heteroatoms. The van der Waals surface area contributed by atoms with Gasteiger partial charge >= 0.3 is 0 Å². The Morgan fingerprint density at radius 1 is 1.32 bits per heavy atom. The molecule has 0 aliphatic heterocycles. The third-order valence-corrected chi connectivity index (χ3v) is 2.88. The molecule has 0 heterocycles. The van der Waals surface area contributed by atoms with E-state index in [1.807, 2.05) is 13.8 Å². The molecule has 0 amide bonds. The number of hydrogen-bond donors (Lipinski definition) is 1. The Morgan fingerprint density at radius 2 is 1.95 bits per heavy atom. The van der Waals surface area contributed by atoms with Crippen LogP contribution in [-0.2, 0) is 4.74 Å². The molecule has 106 valence electrons. The lowest BCUT2D eigenvalue weighted by atomic mass is 9.99. The molecule has 0 bridgehead atoms. The first-order chi connectivity index (χ1) is 9.06. The topological polar surface area (TPSA) is 21.3 Å². The van der Waals surface area contributed by atoms with Crippen molar-refractivity contribution in [3.05, 3.63) is 41.0 Å². The molecule has 0 aromatic heterocycles. The van der Waals surface area contributed by atoms with Crippen molar-refractivity contribution in [1.29, 1.82) is 0 Å². The first kappa shape index (κ1) is 15.8. The van der Waals surface area contributed by atoms with Gasteiger partial charge in [-0.2, -0.15) is 0 Å². The van der Waals surface area contributed by atoms with Crippen LogP contribution in [0.1, 0.15) is 19.4 Å². The van der Waals surface area contributed by atoms with Crippen molar-refractivity contribution in [1.82, 2.24) is 5.32 Å². The van der Waals surface area contributed by atoms with Crippen LogP contribution >= 0.6 is 0 Å². The van der Waals surface area contributed by atoms with Crippen LogP contribution in [0.15, 0.2) is 23.8 Å². The standard InChI is InChI=1S/C15H21F2NO/c1-11(2)12(10-18-7-8-19-3)9-13-14(16)5-4-6-15(13)17/h4-6,9,11,18H,7-8,10H2,1-3H3. The summed E-state index contributed by atoms with van der Waals surface area (Å²) < 4.78 is 32.1. The van der Waals surface area contributed by atoms with Crippen molar-refractivity contribution in [3.8, 4) is 0 Å². The molecule has 1 aromatic rings. The zero-order valence-electron chi connectivity index (χ0n) is 11.7. The molecule has 0 saturated heterocycles. The van der Waals surface area contributed by atoms with Gasteiger partial charge in [-0.1, -0.05) is 25.5 Å². The molecule has 2 nitrogen and oxygen atoms in total. The molecule has 0 unspecified atom stereocenters. The summed E-state index contributed by atoms with van der Waals surface area (Å²) in [5.41, 5.74) is 0.986. The van der Waals surface area contributed by atoms with E-state index in [4.69, 9.17) is 4.74 Å². The van der Waals surface area contributed by atoms with E-state index in [2.05, 4.69) is 5.32 Å². The summed E-state index contributed by atoms with van der Waals surface area (Å²) in [7, 11) is 1.63. The first-order valence-electron chi connectivity index (χ1n) is 6.40. The monoisotopic (exact) mass is 269 g/mol. The molecule has 1 aromatic carbocycles. The van der Waals surface area contributed by atoms with Gasteiger partial charge in [0.15, 0.2) is 0 Å². The van der Waals surface area contributed by atoms with E-state index in [1.165, 1.54) is 18.2 Å². The lowest BCUT2D eigenvalue weighted by Gasteiger charge is -2.13. The summed E-state index contributed by atoms with van der Waals surface area (Å²) >= 11 is 0. The lowest BCUT2D eigenvalue weighted by Crippen LogP contribution is -2.23. The number of methoxy groups -OCH3 is 1. The summed E-state index contributed by atoms with van der Waals surface area (Å²) in [5, 5.41) is 3.19. The highest BCUT2D eigenvalue weighted by Crippen LogP contribution is 2.19. The smallest absolute Gasteiger partial charge is 0.133 e. The van der Waals surface area contributed by atoms with Gasteiger partial charge in [0.1, 0.15) is 11.6 Å². The Bertz CT molecular complexity index is 410. The first-order valence-corrected chi connectivity index (χ1v) is 6.40. The molecule has 0 atom stereocenters. The van der Waals surface area contributed by atoms with Crippen molar-refractivity contribution in [3.63, 3.8) is 0 Å². The number of halogens is 2. The average Bonchev–Trinajstić information content (AvgIpc) is 2.36. The number of nitrogens with one attached hydrogen (secondary N) is 1. The van der Waals surface area contributed by atoms with Gasteiger partial charge in [-0.3, -0.25) is 0 Å². The predicted octanol–water partition coefficient (Wildman–Crippen LogP) is 3.24. The fourth-order valence-corrected chi connectivity index (χ4v) is 1.66. The zero-order chi connectivity index (χ0) is 14.3. The summed E-state index contributed by atoms with van der Waals surface area (Å²) in [5.74, 6) is -0.848. The molecule has 0 aliphatic rings. The minimum absolute atomic E-state index is 0.0275. The van der Waals surface area contributed by atoms with Gasteiger partial charge in [0.2, 0.25) is 0 Å². The maximum Gasteiger partial charge on any atom is 0.133 e. The largest absolute Gasteiger partial charge is 0.383 e. The lowest BCUT2D eigenvalue weighted by molar-refractivity contribution is 0.200. The Kier molecular flexibility index (Phi) is 6.67. The van der Waals surface area contributed by atoms with Crippen LogP contribution in [0.4, 0.5) is 8.78 Å². The molecular formula is C15H21F2NO. The second-order valence-corrected chi connectivity index (χ2v) is 4.68. The Morgan fingerprint density at radius 3 is 2.47 bits per heavy atom. The minimum Gasteiger partial charge on any atom is -0.383 e. The van der Waals surface area contributed by atoms with E-state index in [-0.39, 0.29) is 11.5 Å². The second-order valence-electron chi connectivity index (χ2n) is 4.68. The van der Waals surface area contributed by atoms with Gasteiger partial charge in [0, 0.05) is 25.8 Å². The molecule has 1 N–H and O–H groups in total. The van der Waals surface area contributed by atoms with Gasteiger partial charge in [0.25, 0.3) is 0 Å². The Hall–Kier alpha value is -1.26. The third kappa shape index (κ3) is 5.09.